The SMILES string of the molecule is CCOC(=O)c1c(OC)ccc(Cl)c1C. The standard InChI is InChI=1S/C11H13ClO3/c1-4-15-11(13)10-7(2)8(12)5-6-9(10)14-3/h5-6H,4H2,1-3H3. The third kappa shape index (κ3) is 2.42. The molecule has 0 saturated carbocycles. The van der Waals surface area contributed by atoms with Crippen molar-refractivity contribution in [3.05, 3.63) is 28.3 Å². The Kier molecular flexibility index (Phi) is 3.97. The minimum atomic E-state index is -0.408. The number of carbonyl (C=O) groups excluding carboxylic acids is 1. The lowest BCUT2D eigenvalue weighted by Gasteiger charge is -2.11. The van der Waals surface area contributed by atoms with Gasteiger partial charge in [-0.3, -0.25) is 0 Å². The van der Waals surface area contributed by atoms with Crippen LogP contribution in [0.4, 0.5) is 0 Å². The zero-order chi connectivity index (χ0) is 11.4. The van der Waals surface area contributed by atoms with Gasteiger partial charge < -0.3 is 9.47 Å². The van der Waals surface area contributed by atoms with Crippen molar-refractivity contribution in [1.29, 1.82) is 0 Å². The van der Waals surface area contributed by atoms with Gasteiger partial charge in [0.2, 0.25) is 0 Å². The Morgan fingerprint density at radius 1 is 1.47 bits per heavy atom. The highest BCUT2D eigenvalue weighted by atomic mass is 35.5. The van der Waals surface area contributed by atoms with Crippen LogP contribution in [0.3, 0.4) is 0 Å². The van der Waals surface area contributed by atoms with Gasteiger partial charge in [0.1, 0.15) is 11.3 Å². The van der Waals surface area contributed by atoms with Crippen LogP contribution in [0.1, 0.15) is 22.8 Å². The molecule has 0 atom stereocenters. The number of hydrogen-bond acceptors (Lipinski definition) is 3. The Hall–Kier alpha value is -1.22. The van der Waals surface area contributed by atoms with E-state index in [1.807, 2.05) is 0 Å². The summed E-state index contributed by atoms with van der Waals surface area (Å²) in [5.74, 6) is 0.0738. The molecular weight excluding hydrogens is 216 g/mol. The van der Waals surface area contributed by atoms with E-state index in [9.17, 15) is 4.79 Å². The van der Waals surface area contributed by atoms with Gasteiger partial charge in [-0.2, -0.15) is 0 Å². The first kappa shape index (κ1) is 11.9. The van der Waals surface area contributed by atoms with Gasteiger partial charge in [0, 0.05) is 5.02 Å². The van der Waals surface area contributed by atoms with E-state index in [-0.39, 0.29) is 0 Å². The average Bonchev–Trinajstić information content (AvgIpc) is 2.22. The fourth-order valence-corrected chi connectivity index (χ4v) is 1.45. The van der Waals surface area contributed by atoms with Gasteiger partial charge in [0.15, 0.2) is 0 Å². The van der Waals surface area contributed by atoms with Crippen LogP contribution < -0.4 is 4.74 Å². The molecule has 0 heterocycles. The largest absolute Gasteiger partial charge is 0.496 e. The summed E-state index contributed by atoms with van der Waals surface area (Å²) in [5, 5.41) is 0.527. The molecule has 0 aliphatic rings. The molecule has 1 aromatic carbocycles. The summed E-state index contributed by atoms with van der Waals surface area (Å²) >= 11 is 5.92. The Morgan fingerprint density at radius 3 is 2.67 bits per heavy atom. The topological polar surface area (TPSA) is 35.5 Å². The Morgan fingerprint density at radius 2 is 2.13 bits per heavy atom. The van der Waals surface area contributed by atoms with E-state index in [4.69, 9.17) is 21.1 Å². The first-order chi connectivity index (χ1) is 7.11. The Labute approximate surface area is 93.9 Å². The van der Waals surface area contributed by atoms with Crippen LogP contribution in [0.5, 0.6) is 5.75 Å². The second kappa shape index (κ2) is 5.03. The first-order valence-corrected chi connectivity index (χ1v) is 4.99. The van der Waals surface area contributed by atoms with Crippen molar-refractivity contribution in [2.45, 2.75) is 13.8 Å². The van der Waals surface area contributed by atoms with Crippen LogP contribution in [0.25, 0.3) is 0 Å². The minimum absolute atomic E-state index is 0.327. The monoisotopic (exact) mass is 228 g/mol. The van der Waals surface area contributed by atoms with E-state index in [1.165, 1.54) is 7.11 Å². The Balaban J connectivity index is 3.23. The maximum absolute atomic E-state index is 11.6. The van der Waals surface area contributed by atoms with Crippen LogP contribution >= 0.6 is 11.6 Å². The number of benzene rings is 1. The molecule has 3 nitrogen and oxygen atoms in total. The third-order valence-corrected chi connectivity index (χ3v) is 2.47. The predicted molar refractivity (Wildman–Crippen MR) is 58.7 cm³/mol. The van der Waals surface area contributed by atoms with Gasteiger partial charge in [-0.05, 0) is 31.5 Å². The van der Waals surface area contributed by atoms with Crippen LogP contribution in [0.15, 0.2) is 12.1 Å². The first-order valence-electron chi connectivity index (χ1n) is 4.62. The highest BCUT2D eigenvalue weighted by Gasteiger charge is 2.18. The summed E-state index contributed by atoms with van der Waals surface area (Å²) in [5.41, 5.74) is 1.07. The van der Waals surface area contributed by atoms with E-state index in [2.05, 4.69) is 0 Å². The molecule has 0 aliphatic carbocycles. The zero-order valence-corrected chi connectivity index (χ0v) is 9.72. The van der Waals surface area contributed by atoms with Crippen molar-refractivity contribution in [2.75, 3.05) is 13.7 Å². The molecule has 1 aromatic rings. The maximum Gasteiger partial charge on any atom is 0.342 e. The normalized spacial score (nSPS) is 9.87. The number of carbonyl (C=O) groups is 1. The number of halogens is 1. The Bertz CT molecular complexity index is 374. The van der Waals surface area contributed by atoms with E-state index >= 15 is 0 Å². The lowest BCUT2D eigenvalue weighted by atomic mass is 10.1. The van der Waals surface area contributed by atoms with Crippen molar-refractivity contribution < 1.29 is 14.3 Å². The van der Waals surface area contributed by atoms with Crippen molar-refractivity contribution in [3.63, 3.8) is 0 Å². The summed E-state index contributed by atoms with van der Waals surface area (Å²) in [6.45, 7) is 3.84. The molecule has 0 unspecified atom stereocenters. The van der Waals surface area contributed by atoms with Crippen molar-refractivity contribution in [1.82, 2.24) is 0 Å². The quantitative estimate of drug-likeness (QED) is 0.747. The number of hydrogen-bond donors (Lipinski definition) is 0. The molecule has 82 valence electrons. The van der Waals surface area contributed by atoms with Gasteiger partial charge in [0.25, 0.3) is 0 Å². The van der Waals surface area contributed by atoms with Crippen LogP contribution in [-0.4, -0.2) is 19.7 Å². The summed E-state index contributed by atoms with van der Waals surface area (Å²) in [7, 11) is 1.51. The number of ether oxygens (including phenoxy) is 2. The molecule has 0 fully saturated rings. The van der Waals surface area contributed by atoms with Crippen LogP contribution in [-0.2, 0) is 4.74 Å². The highest BCUT2D eigenvalue weighted by molar-refractivity contribution is 6.31. The van der Waals surface area contributed by atoms with Crippen LogP contribution in [0.2, 0.25) is 5.02 Å². The molecule has 0 saturated heterocycles. The molecule has 15 heavy (non-hydrogen) atoms. The van der Waals surface area contributed by atoms with E-state index in [1.54, 1.807) is 26.0 Å². The fourth-order valence-electron chi connectivity index (χ4n) is 1.29. The fraction of sp³-hybridized carbons (Fsp3) is 0.364. The van der Waals surface area contributed by atoms with Gasteiger partial charge in [-0.25, -0.2) is 4.79 Å². The molecule has 0 aromatic heterocycles. The van der Waals surface area contributed by atoms with Crippen LogP contribution in [0, 0.1) is 6.92 Å². The summed E-state index contributed by atoms with van der Waals surface area (Å²) in [6.07, 6.45) is 0. The second-order valence-electron chi connectivity index (χ2n) is 2.97. The summed E-state index contributed by atoms with van der Waals surface area (Å²) in [4.78, 5) is 11.6. The third-order valence-electron chi connectivity index (χ3n) is 2.06. The average molecular weight is 229 g/mol. The molecule has 1 rings (SSSR count). The number of rotatable bonds is 3. The summed E-state index contributed by atoms with van der Waals surface area (Å²) < 4.78 is 10.0. The molecule has 0 aliphatic heterocycles. The van der Waals surface area contributed by atoms with E-state index in [0.717, 1.165) is 0 Å². The van der Waals surface area contributed by atoms with Crippen molar-refractivity contribution in [2.24, 2.45) is 0 Å². The highest BCUT2D eigenvalue weighted by Crippen LogP contribution is 2.28. The van der Waals surface area contributed by atoms with E-state index < -0.39 is 5.97 Å². The maximum atomic E-state index is 11.6. The van der Waals surface area contributed by atoms with Crippen molar-refractivity contribution >= 4 is 17.6 Å². The lowest BCUT2D eigenvalue weighted by Crippen LogP contribution is -2.09. The minimum Gasteiger partial charge on any atom is -0.496 e. The number of methoxy groups -OCH3 is 1. The van der Waals surface area contributed by atoms with E-state index in [0.29, 0.717) is 28.5 Å². The molecule has 0 N–H and O–H groups in total. The molecule has 0 amide bonds. The molecular formula is C11H13ClO3. The lowest BCUT2D eigenvalue weighted by molar-refractivity contribution is 0.0522. The smallest absolute Gasteiger partial charge is 0.342 e. The van der Waals surface area contributed by atoms with Gasteiger partial charge in [0.05, 0.1) is 13.7 Å². The number of esters is 1. The van der Waals surface area contributed by atoms with Crippen molar-refractivity contribution in [3.8, 4) is 5.75 Å². The van der Waals surface area contributed by atoms with Gasteiger partial charge in [-0.15, -0.1) is 0 Å². The molecule has 0 bridgehead atoms. The second-order valence-corrected chi connectivity index (χ2v) is 3.38. The molecule has 0 spiro atoms. The molecule has 4 heteroatoms. The summed E-state index contributed by atoms with van der Waals surface area (Å²) in [6, 6.07) is 3.35. The molecule has 0 radical (unpaired) electrons. The van der Waals surface area contributed by atoms with Gasteiger partial charge >= 0.3 is 5.97 Å². The van der Waals surface area contributed by atoms with Gasteiger partial charge in [-0.1, -0.05) is 11.6 Å². The predicted octanol–water partition coefficient (Wildman–Crippen LogP) is 2.83. The zero-order valence-electron chi connectivity index (χ0n) is 8.96.